The monoisotopic (exact) mass is 216 g/mol. The van der Waals surface area contributed by atoms with E-state index in [-0.39, 0.29) is 0 Å². The molecule has 2 rings (SSSR count). The number of hydrogen-bond donors (Lipinski definition) is 1. The molecule has 0 spiro atoms. The first-order valence-electron chi connectivity index (χ1n) is 5.51. The third-order valence-corrected chi connectivity index (χ3v) is 2.41. The van der Waals surface area contributed by atoms with Gasteiger partial charge in [-0.2, -0.15) is 0 Å². The molecule has 0 aromatic carbocycles. The molecular weight excluding hydrogens is 200 g/mol. The summed E-state index contributed by atoms with van der Waals surface area (Å²) in [6.07, 6.45) is 4.59. The highest BCUT2D eigenvalue weighted by atomic mass is 16.3. The van der Waals surface area contributed by atoms with Gasteiger partial charge in [0.1, 0.15) is 11.5 Å². The standard InChI is InChI=1S/C13H16N2O/c1-3-12-4-5-13(16-12)9-15-11-6-10(2)7-14-8-11/h4-8,15H,3,9H2,1-2H3. The molecule has 2 aromatic heterocycles. The van der Waals surface area contributed by atoms with Gasteiger partial charge in [-0.25, -0.2) is 0 Å². The van der Waals surface area contributed by atoms with Gasteiger partial charge < -0.3 is 9.73 Å². The van der Waals surface area contributed by atoms with Crippen molar-refractivity contribution in [2.75, 3.05) is 5.32 Å². The SMILES string of the molecule is CCc1ccc(CNc2cncc(C)c2)o1. The molecule has 0 saturated heterocycles. The van der Waals surface area contributed by atoms with Crippen molar-refractivity contribution in [3.8, 4) is 0 Å². The summed E-state index contributed by atoms with van der Waals surface area (Å²) in [4.78, 5) is 4.12. The third kappa shape index (κ3) is 2.63. The highest BCUT2D eigenvalue weighted by molar-refractivity contribution is 5.42. The van der Waals surface area contributed by atoms with Crippen molar-refractivity contribution in [1.29, 1.82) is 0 Å². The summed E-state index contributed by atoms with van der Waals surface area (Å²) in [6.45, 7) is 4.81. The van der Waals surface area contributed by atoms with Crippen molar-refractivity contribution in [2.24, 2.45) is 0 Å². The summed E-state index contributed by atoms with van der Waals surface area (Å²) in [5.41, 5.74) is 2.17. The van der Waals surface area contributed by atoms with Gasteiger partial charge >= 0.3 is 0 Å². The molecule has 84 valence electrons. The van der Waals surface area contributed by atoms with Crippen LogP contribution < -0.4 is 5.32 Å². The summed E-state index contributed by atoms with van der Waals surface area (Å²) in [7, 11) is 0. The number of aryl methyl sites for hydroxylation is 2. The van der Waals surface area contributed by atoms with Gasteiger partial charge in [-0.15, -0.1) is 0 Å². The van der Waals surface area contributed by atoms with E-state index in [1.165, 1.54) is 0 Å². The molecule has 2 heterocycles. The molecular formula is C13H16N2O. The summed E-state index contributed by atoms with van der Waals surface area (Å²) in [6, 6.07) is 6.09. The first-order chi connectivity index (χ1) is 7.78. The number of nitrogens with zero attached hydrogens (tertiary/aromatic N) is 1. The van der Waals surface area contributed by atoms with E-state index < -0.39 is 0 Å². The Morgan fingerprint density at radius 3 is 2.75 bits per heavy atom. The molecule has 0 bridgehead atoms. The second-order valence-electron chi connectivity index (χ2n) is 3.83. The number of pyridine rings is 1. The Kier molecular flexibility index (Phi) is 3.25. The maximum atomic E-state index is 5.60. The zero-order valence-corrected chi connectivity index (χ0v) is 9.66. The van der Waals surface area contributed by atoms with Crippen LogP contribution in [0.4, 0.5) is 5.69 Å². The second kappa shape index (κ2) is 4.84. The van der Waals surface area contributed by atoms with Crippen LogP contribution in [0.5, 0.6) is 0 Å². The Balaban J connectivity index is 1.96. The fourth-order valence-corrected chi connectivity index (χ4v) is 1.55. The summed E-state index contributed by atoms with van der Waals surface area (Å²) < 4.78 is 5.60. The number of furan rings is 1. The zero-order valence-electron chi connectivity index (χ0n) is 9.66. The van der Waals surface area contributed by atoms with Gasteiger partial charge in [0, 0.05) is 18.8 Å². The lowest BCUT2D eigenvalue weighted by atomic mass is 10.3. The van der Waals surface area contributed by atoms with E-state index in [0.29, 0.717) is 6.54 Å². The van der Waals surface area contributed by atoms with Crippen LogP contribution in [0.1, 0.15) is 24.0 Å². The van der Waals surface area contributed by atoms with Crippen LogP contribution in [0.15, 0.2) is 35.0 Å². The van der Waals surface area contributed by atoms with Gasteiger partial charge in [0.15, 0.2) is 0 Å². The molecule has 2 aromatic rings. The van der Waals surface area contributed by atoms with Crippen LogP contribution in [0, 0.1) is 6.92 Å². The average molecular weight is 216 g/mol. The van der Waals surface area contributed by atoms with Crippen molar-refractivity contribution >= 4 is 5.69 Å². The number of anilines is 1. The van der Waals surface area contributed by atoms with Gasteiger partial charge in [-0.3, -0.25) is 4.98 Å². The Morgan fingerprint density at radius 2 is 2.06 bits per heavy atom. The fourth-order valence-electron chi connectivity index (χ4n) is 1.55. The molecule has 16 heavy (non-hydrogen) atoms. The molecule has 0 atom stereocenters. The van der Waals surface area contributed by atoms with Crippen LogP contribution in [-0.2, 0) is 13.0 Å². The zero-order chi connectivity index (χ0) is 11.4. The van der Waals surface area contributed by atoms with Crippen molar-refractivity contribution in [3.63, 3.8) is 0 Å². The van der Waals surface area contributed by atoms with Gasteiger partial charge in [-0.05, 0) is 30.7 Å². The number of rotatable bonds is 4. The average Bonchev–Trinajstić information content (AvgIpc) is 2.74. The maximum absolute atomic E-state index is 5.60. The predicted molar refractivity (Wildman–Crippen MR) is 64.4 cm³/mol. The molecule has 0 unspecified atom stereocenters. The van der Waals surface area contributed by atoms with E-state index in [9.17, 15) is 0 Å². The normalized spacial score (nSPS) is 10.4. The predicted octanol–water partition coefficient (Wildman–Crippen LogP) is 3.16. The topological polar surface area (TPSA) is 38.1 Å². The van der Waals surface area contributed by atoms with Crippen molar-refractivity contribution in [3.05, 3.63) is 47.7 Å². The molecule has 3 nitrogen and oxygen atoms in total. The Labute approximate surface area is 95.5 Å². The van der Waals surface area contributed by atoms with E-state index in [2.05, 4.69) is 23.3 Å². The molecule has 0 amide bonds. The molecule has 3 heteroatoms. The molecule has 0 radical (unpaired) electrons. The highest BCUT2D eigenvalue weighted by Gasteiger charge is 2.00. The second-order valence-corrected chi connectivity index (χ2v) is 3.83. The van der Waals surface area contributed by atoms with Crippen molar-refractivity contribution in [2.45, 2.75) is 26.8 Å². The minimum Gasteiger partial charge on any atom is -0.464 e. The molecule has 0 fully saturated rings. The van der Waals surface area contributed by atoms with Crippen LogP contribution in [0.3, 0.4) is 0 Å². The molecule has 0 saturated carbocycles. The largest absolute Gasteiger partial charge is 0.464 e. The Bertz CT molecular complexity index is 462. The summed E-state index contributed by atoms with van der Waals surface area (Å²) >= 11 is 0. The van der Waals surface area contributed by atoms with E-state index in [4.69, 9.17) is 4.42 Å². The molecule has 0 aliphatic carbocycles. The third-order valence-electron chi connectivity index (χ3n) is 2.41. The van der Waals surface area contributed by atoms with Crippen LogP contribution in [-0.4, -0.2) is 4.98 Å². The van der Waals surface area contributed by atoms with E-state index in [0.717, 1.165) is 29.2 Å². The van der Waals surface area contributed by atoms with Crippen LogP contribution >= 0.6 is 0 Å². The lowest BCUT2D eigenvalue weighted by Crippen LogP contribution is -1.98. The molecule has 1 N–H and O–H groups in total. The lowest BCUT2D eigenvalue weighted by molar-refractivity contribution is 0.476. The van der Waals surface area contributed by atoms with Gasteiger partial charge in [0.05, 0.1) is 12.2 Å². The van der Waals surface area contributed by atoms with Gasteiger partial charge in [-0.1, -0.05) is 6.92 Å². The molecule has 0 aliphatic rings. The van der Waals surface area contributed by atoms with Gasteiger partial charge in [0.25, 0.3) is 0 Å². The van der Waals surface area contributed by atoms with E-state index >= 15 is 0 Å². The summed E-state index contributed by atoms with van der Waals surface area (Å²) in [5.74, 6) is 1.98. The number of aromatic nitrogens is 1. The van der Waals surface area contributed by atoms with Crippen LogP contribution in [0.2, 0.25) is 0 Å². The minimum absolute atomic E-state index is 0.700. The number of hydrogen-bond acceptors (Lipinski definition) is 3. The molecule has 0 aliphatic heterocycles. The van der Waals surface area contributed by atoms with Crippen molar-refractivity contribution < 1.29 is 4.42 Å². The first kappa shape index (κ1) is 10.7. The van der Waals surface area contributed by atoms with E-state index in [1.807, 2.05) is 31.5 Å². The van der Waals surface area contributed by atoms with E-state index in [1.54, 1.807) is 0 Å². The van der Waals surface area contributed by atoms with Gasteiger partial charge in [0.2, 0.25) is 0 Å². The lowest BCUT2D eigenvalue weighted by Gasteiger charge is -2.04. The Hall–Kier alpha value is -1.77. The number of nitrogens with one attached hydrogen (secondary N) is 1. The summed E-state index contributed by atoms with van der Waals surface area (Å²) in [5, 5.41) is 3.28. The quantitative estimate of drug-likeness (QED) is 0.853. The maximum Gasteiger partial charge on any atom is 0.123 e. The smallest absolute Gasteiger partial charge is 0.123 e. The highest BCUT2D eigenvalue weighted by Crippen LogP contribution is 2.12. The van der Waals surface area contributed by atoms with Crippen molar-refractivity contribution in [1.82, 2.24) is 4.98 Å². The Morgan fingerprint density at radius 1 is 1.25 bits per heavy atom. The minimum atomic E-state index is 0.700. The van der Waals surface area contributed by atoms with Crippen LogP contribution in [0.25, 0.3) is 0 Å². The fraction of sp³-hybridized carbons (Fsp3) is 0.308. The first-order valence-corrected chi connectivity index (χ1v) is 5.51.